The van der Waals surface area contributed by atoms with E-state index in [4.69, 9.17) is 4.42 Å². The van der Waals surface area contributed by atoms with E-state index in [9.17, 15) is 0 Å². The topological polar surface area (TPSA) is 51.0 Å². The van der Waals surface area contributed by atoms with E-state index in [0.29, 0.717) is 6.54 Å². The minimum atomic E-state index is 0.646. The molecule has 0 aliphatic rings. The molecule has 0 aromatic carbocycles. The van der Waals surface area contributed by atoms with Crippen molar-refractivity contribution in [1.82, 2.24) is 9.97 Å². The van der Waals surface area contributed by atoms with Crippen LogP contribution >= 0.6 is 0 Å². The second-order valence-electron chi connectivity index (χ2n) is 3.18. The highest BCUT2D eigenvalue weighted by molar-refractivity contribution is 5.35. The summed E-state index contributed by atoms with van der Waals surface area (Å²) in [4.78, 5) is 8.25. The van der Waals surface area contributed by atoms with Crippen molar-refractivity contribution in [3.8, 4) is 0 Å². The quantitative estimate of drug-likeness (QED) is 0.828. The number of aromatic nitrogens is 2. The van der Waals surface area contributed by atoms with Crippen LogP contribution in [-0.4, -0.2) is 9.97 Å². The molecule has 0 radical (unpaired) electrons. The van der Waals surface area contributed by atoms with Gasteiger partial charge in [0.15, 0.2) is 0 Å². The lowest BCUT2D eigenvalue weighted by molar-refractivity contribution is 0.518. The fraction of sp³-hybridized carbons (Fsp3) is 0.273. The third-order valence-electron chi connectivity index (χ3n) is 2.11. The predicted molar refractivity (Wildman–Crippen MR) is 57.4 cm³/mol. The molecule has 0 saturated carbocycles. The van der Waals surface area contributed by atoms with Crippen LogP contribution in [0.25, 0.3) is 0 Å². The fourth-order valence-corrected chi connectivity index (χ4v) is 1.28. The molecule has 0 aliphatic heterocycles. The van der Waals surface area contributed by atoms with Crippen LogP contribution in [0.3, 0.4) is 0 Å². The maximum atomic E-state index is 5.21. The van der Waals surface area contributed by atoms with Gasteiger partial charge in [-0.15, -0.1) is 0 Å². The lowest BCUT2D eigenvalue weighted by Crippen LogP contribution is -2.01. The van der Waals surface area contributed by atoms with Gasteiger partial charge in [0.1, 0.15) is 17.9 Å². The minimum absolute atomic E-state index is 0.646. The van der Waals surface area contributed by atoms with Crippen molar-refractivity contribution in [2.75, 3.05) is 5.32 Å². The average molecular weight is 203 g/mol. The van der Waals surface area contributed by atoms with Gasteiger partial charge < -0.3 is 9.73 Å². The Morgan fingerprint density at radius 2 is 2.33 bits per heavy atom. The molecule has 0 saturated heterocycles. The van der Waals surface area contributed by atoms with Crippen molar-refractivity contribution in [2.45, 2.75) is 19.9 Å². The number of nitrogens with one attached hydrogen (secondary N) is 1. The van der Waals surface area contributed by atoms with Gasteiger partial charge in [-0.05, 0) is 18.6 Å². The smallest absolute Gasteiger partial charge is 0.129 e. The Morgan fingerprint density at radius 3 is 3.07 bits per heavy atom. The normalized spacial score (nSPS) is 10.2. The number of anilines is 1. The van der Waals surface area contributed by atoms with Crippen LogP contribution in [0.4, 0.5) is 5.82 Å². The molecule has 0 atom stereocenters. The number of hydrogen-bond acceptors (Lipinski definition) is 4. The molecule has 78 valence electrons. The molecule has 0 bridgehead atoms. The molecule has 2 aromatic heterocycles. The molecular weight excluding hydrogens is 190 g/mol. The van der Waals surface area contributed by atoms with Crippen LogP contribution in [0.2, 0.25) is 0 Å². The number of furan rings is 1. The largest absolute Gasteiger partial charge is 0.467 e. The summed E-state index contributed by atoms with van der Waals surface area (Å²) in [5.41, 5.74) is 1.03. The standard InChI is InChI=1S/C11H13N3O/c1-2-9-6-11(14-8-13-9)12-7-10-4-3-5-15-10/h3-6,8H,2,7H2,1H3,(H,12,13,14). The number of hydrogen-bond donors (Lipinski definition) is 1. The summed E-state index contributed by atoms with van der Waals surface area (Å²) in [5, 5.41) is 3.18. The van der Waals surface area contributed by atoms with E-state index in [1.165, 1.54) is 0 Å². The van der Waals surface area contributed by atoms with Crippen LogP contribution in [-0.2, 0) is 13.0 Å². The van der Waals surface area contributed by atoms with Crippen molar-refractivity contribution < 1.29 is 4.42 Å². The van der Waals surface area contributed by atoms with Gasteiger partial charge in [-0.25, -0.2) is 9.97 Å². The van der Waals surface area contributed by atoms with Crippen molar-refractivity contribution >= 4 is 5.82 Å². The number of aryl methyl sites for hydroxylation is 1. The molecule has 0 aliphatic carbocycles. The Morgan fingerprint density at radius 1 is 1.40 bits per heavy atom. The van der Waals surface area contributed by atoms with Crippen molar-refractivity contribution in [3.05, 3.63) is 42.2 Å². The zero-order valence-corrected chi connectivity index (χ0v) is 8.60. The highest BCUT2D eigenvalue weighted by Crippen LogP contribution is 2.07. The Bertz CT molecular complexity index is 412. The Balaban J connectivity index is 1.98. The van der Waals surface area contributed by atoms with E-state index < -0.39 is 0 Å². The van der Waals surface area contributed by atoms with Gasteiger partial charge in [0.25, 0.3) is 0 Å². The van der Waals surface area contributed by atoms with Crippen molar-refractivity contribution in [3.63, 3.8) is 0 Å². The molecule has 0 spiro atoms. The van der Waals surface area contributed by atoms with E-state index in [0.717, 1.165) is 23.7 Å². The van der Waals surface area contributed by atoms with Gasteiger partial charge in [-0.1, -0.05) is 6.92 Å². The number of rotatable bonds is 4. The summed E-state index contributed by atoms with van der Waals surface area (Å²) in [5.74, 6) is 1.73. The van der Waals surface area contributed by atoms with Crippen LogP contribution < -0.4 is 5.32 Å². The monoisotopic (exact) mass is 203 g/mol. The summed E-state index contributed by atoms with van der Waals surface area (Å²) in [6, 6.07) is 5.74. The molecule has 0 fully saturated rings. The molecule has 0 amide bonds. The first-order valence-corrected chi connectivity index (χ1v) is 4.95. The van der Waals surface area contributed by atoms with E-state index >= 15 is 0 Å². The van der Waals surface area contributed by atoms with Crippen molar-refractivity contribution in [2.24, 2.45) is 0 Å². The summed E-state index contributed by atoms with van der Waals surface area (Å²) >= 11 is 0. The lowest BCUT2D eigenvalue weighted by atomic mass is 10.3. The van der Waals surface area contributed by atoms with Gasteiger partial charge in [-0.3, -0.25) is 0 Å². The van der Waals surface area contributed by atoms with Gasteiger partial charge >= 0.3 is 0 Å². The fourth-order valence-electron chi connectivity index (χ4n) is 1.28. The van der Waals surface area contributed by atoms with E-state index in [2.05, 4.69) is 22.2 Å². The van der Waals surface area contributed by atoms with E-state index in [1.54, 1.807) is 12.6 Å². The second-order valence-corrected chi connectivity index (χ2v) is 3.18. The van der Waals surface area contributed by atoms with E-state index in [-0.39, 0.29) is 0 Å². The van der Waals surface area contributed by atoms with Crippen LogP contribution in [0, 0.1) is 0 Å². The average Bonchev–Trinajstić information content (AvgIpc) is 2.79. The van der Waals surface area contributed by atoms with Gasteiger partial charge in [-0.2, -0.15) is 0 Å². The van der Waals surface area contributed by atoms with Gasteiger partial charge in [0, 0.05) is 11.8 Å². The molecule has 4 heteroatoms. The molecule has 15 heavy (non-hydrogen) atoms. The minimum Gasteiger partial charge on any atom is -0.467 e. The maximum Gasteiger partial charge on any atom is 0.129 e. The van der Waals surface area contributed by atoms with Crippen molar-refractivity contribution in [1.29, 1.82) is 0 Å². The SMILES string of the molecule is CCc1cc(NCc2ccco2)ncn1. The third-order valence-corrected chi connectivity index (χ3v) is 2.11. The van der Waals surface area contributed by atoms with Gasteiger partial charge in [0.2, 0.25) is 0 Å². The van der Waals surface area contributed by atoms with Crippen LogP contribution in [0.1, 0.15) is 18.4 Å². The Labute approximate surface area is 88.4 Å². The lowest BCUT2D eigenvalue weighted by Gasteiger charge is -2.03. The first kappa shape index (κ1) is 9.71. The highest BCUT2D eigenvalue weighted by Gasteiger charge is 1.98. The van der Waals surface area contributed by atoms with E-state index in [1.807, 2.05) is 18.2 Å². The number of nitrogens with zero attached hydrogens (tertiary/aromatic N) is 2. The summed E-state index contributed by atoms with van der Waals surface area (Å²) in [7, 11) is 0. The second kappa shape index (κ2) is 4.59. The van der Waals surface area contributed by atoms with Crippen LogP contribution in [0.15, 0.2) is 35.2 Å². The molecular formula is C11H13N3O. The Hall–Kier alpha value is -1.84. The molecule has 2 rings (SSSR count). The molecule has 0 unspecified atom stereocenters. The predicted octanol–water partition coefficient (Wildman–Crippen LogP) is 2.24. The molecule has 2 heterocycles. The summed E-state index contributed by atoms with van der Waals surface area (Å²) < 4.78 is 5.21. The molecule has 2 aromatic rings. The van der Waals surface area contributed by atoms with Gasteiger partial charge in [0.05, 0.1) is 12.8 Å². The zero-order chi connectivity index (χ0) is 10.5. The summed E-state index contributed by atoms with van der Waals surface area (Å²) in [6.07, 6.45) is 4.15. The Kier molecular flexibility index (Phi) is 2.97. The highest BCUT2D eigenvalue weighted by atomic mass is 16.3. The maximum absolute atomic E-state index is 5.21. The first-order chi connectivity index (χ1) is 7.38. The molecule has 1 N–H and O–H groups in total. The zero-order valence-electron chi connectivity index (χ0n) is 8.60. The third kappa shape index (κ3) is 2.56. The molecule has 4 nitrogen and oxygen atoms in total. The first-order valence-electron chi connectivity index (χ1n) is 4.95. The van der Waals surface area contributed by atoms with Crippen LogP contribution in [0.5, 0.6) is 0 Å². The summed E-state index contributed by atoms with van der Waals surface area (Å²) in [6.45, 7) is 2.71.